The monoisotopic (exact) mass is 609 g/mol. The summed E-state index contributed by atoms with van der Waals surface area (Å²) in [6.07, 6.45) is 0.0827. The molecule has 0 aliphatic rings. The van der Waals surface area contributed by atoms with Crippen LogP contribution in [-0.4, -0.2) is 54.7 Å². The van der Waals surface area contributed by atoms with E-state index >= 15 is 0 Å². The number of nitrogens with one attached hydrogen (secondary N) is 4. The fourth-order valence-electron chi connectivity index (χ4n) is 4.24. The molecule has 0 aliphatic heterocycles. The number of carbonyl (C=O) groups excluding carboxylic acids is 4. The zero-order valence-electron chi connectivity index (χ0n) is 26.1. The van der Waals surface area contributed by atoms with Crippen molar-refractivity contribution in [3.8, 4) is 0 Å². The summed E-state index contributed by atoms with van der Waals surface area (Å²) in [5.41, 5.74) is 13.1. The summed E-state index contributed by atoms with van der Waals surface area (Å²) in [5.74, 6) is -1.66. The van der Waals surface area contributed by atoms with E-state index in [0.717, 1.165) is 11.1 Å². The maximum absolute atomic E-state index is 13.6. The summed E-state index contributed by atoms with van der Waals surface area (Å²) in [7, 11) is 1.25. The van der Waals surface area contributed by atoms with Crippen molar-refractivity contribution in [1.29, 1.82) is 0 Å². The van der Waals surface area contributed by atoms with Crippen molar-refractivity contribution in [2.75, 3.05) is 7.11 Å². The van der Waals surface area contributed by atoms with Gasteiger partial charge in [0.25, 0.3) is 5.91 Å². The molecule has 2 rings (SSSR count). The van der Waals surface area contributed by atoms with E-state index in [4.69, 9.17) is 15.0 Å². The highest BCUT2D eigenvalue weighted by molar-refractivity contribution is 5.92. The summed E-state index contributed by atoms with van der Waals surface area (Å²) in [6, 6.07) is 13.3. The fraction of sp³-hybridized carbons (Fsp3) is 0.484. The van der Waals surface area contributed by atoms with Gasteiger partial charge in [-0.3, -0.25) is 9.59 Å². The molecule has 0 bridgehead atoms. The van der Waals surface area contributed by atoms with Gasteiger partial charge in [0.15, 0.2) is 6.04 Å². The zero-order chi connectivity index (χ0) is 32.7. The van der Waals surface area contributed by atoms with Crippen LogP contribution < -0.4 is 21.4 Å². The third-order valence-corrected chi connectivity index (χ3v) is 6.30. The van der Waals surface area contributed by atoms with Gasteiger partial charge in [-0.1, -0.05) is 68.4 Å². The van der Waals surface area contributed by atoms with E-state index < -0.39 is 47.6 Å². The van der Waals surface area contributed by atoms with Crippen molar-refractivity contribution in [3.05, 3.63) is 81.7 Å². The van der Waals surface area contributed by atoms with E-state index in [1.54, 1.807) is 45.0 Å². The number of azide groups is 1. The lowest BCUT2D eigenvalue weighted by atomic mass is 10.00. The largest absolute Gasteiger partial charge is 0.467 e. The second-order valence-corrected chi connectivity index (χ2v) is 11.7. The molecule has 13 nitrogen and oxygen atoms in total. The molecule has 2 aromatic carbocycles. The second-order valence-electron chi connectivity index (χ2n) is 11.7. The first-order valence-electron chi connectivity index (χ1n) is 14.4. The number of hydrogen-bond acceptors (Lipinski definition) is 7. The molecule has 0 fully saturated rings. The number of carbonyl (C=O) groups is 4. The summed E-state index contributed by atoms with van der Waals surface area (Å²) in [5, 5.41) is 11.6. The van der Waals surface area contributed by atoms with E-state index in [1.807, 2.05) is 44.2 Å². The van der Waals surface area contributed by atoms with Crippen LogP contribution in [0.5, 0.6) is 0 Å². The van der Waals surface area contributed by atoms with Crippen molar-refractivity contribution in [3.63, 3.8) is 0 Å². The van der Waals surface area contributed by atoms with Crippen molar-refractivity contribution in [1.82, 2.24) is 21.4 Å². The number of methoxy groups -OCH3 is 1. The molecular formula is C31H43N7O6. The summed E-state index contributed by atoms with van der Waals surface area (Å²) in [6.45, 7) is 9.39. The van der Waals surface area contributed by atoms with Gasteiger partial charge in [0, 0.05) is 19.4 Å². The average Bonchev–Trinajstić information content (AvgIpc) is 2.97. The number of nitrogens with zero attached hydrogens (tertiary/aromatic N) is 3. The van der Waals surface area contributed by atoms with Crippen LogP contribution >= 0.6 is 0 Å². The van der Waals surface area contributed by atoms with E-state index in [-0.39, 0.29) is 25.3 Å². The summed E-state index contributed by atoms with van der Waals surface area (Å²) in [4.78, 5) is 54.1. The predicted octanol–water partition coefficient (Wildman–Crippen LogP) is 3.87. The summed E-state index contributed by atoms with van der Waals surface area (Å²) >= 11 is 0. The Hall–Kier alpha value is -4.77. The van der Waals surface area contributed by atoms with Crippen molar-refractivity contribution < 1.29 is 28.7 Å². The molecule has 3 atom stereocenters. The molecule has 0 aliphatic carbocycles. The minimum absolute atomic E-state index is 0.0811. The standard InChI is InChI=1S/C31H43N7O6/c1-20(2)16-26(29(41)43-6)35-27(39)24(34-28(40)25(36-38-37-32)18-21-10-8-7-9-11-21)17-22-12-14-23(15-13-22)19-33-30(42)44-31(3,4)5/h7-15,20,24-26,36H,16-19H2,1-6H3,(H,33,42)(H,34,40)(H,35,39)/t24-,25-,26-/m0/s1. The van der Waals surface area contributed by atoms with Crippen LogP contribution in [0.4, 0.5) is 4.79 Å². The molecule has 4 N–H and O–H groups in total. The van der Waals surface area contributed by atoms with Crippen LogP contribution in [0, 0.1) is 5.92 Å². The lowest BCUT2D eigenvalue weighted by Gasteiger charge is -2.24. The van der Waals surface area contributed by atoms with Crippen molar-refractivity contribution >= 4 is 23.9 Å². The third-order valence-electron chi connectivity index (χ3n) is 6.30. The molecule has 0 radical (unpaired) electrons. The molecular weight excluding hydrogens is 566 g/mol. The molecule has 0 saturated heterocycles. The highest BCUT2D eigenvalue weighted by Crippen LogP contribution is 2.12. The first kappa shape index (κ1) is 35.4. The first-order chi connectivity index (χ1) is 20.8. The van der Waals surface area contributed by atoms with Gasteiger partial charge in [0.05, 0.1) is 7.11 Å². The molecule has 2 aromatic rings. The van der Waals surface area contributed by atoms with Crippen LogP contribution in [0.2, 0.25) is 0 Å². The van der Waals surface area contributed by atoms with Crippen LogP contribution in [0.15, 0.2) is 59.8 Å². The van der Waals surface area contributed by atoms with Crippen LogP contribution in [-0.2, 0) is 43.2 Å². The van der Waals surface area contributed by atoms with E-state index in [1.165, 1.54) is 7.11 Å². The third kappa shape index (κ3) is 13.0. The van der Waals surface area contributed by atoms with Gasteiger partial charge in [-0.05, 0) is 55.0 Å². The van der Waals surface area contributed by atoms with Gasteiger partial charge in [-0.2, -0.15) is 4.91 Å². The number of rotatable bonds is 15. The minimum atomic E-state index is -1.08. The Kier molecular flexibility index (Phi) is 14.0. The molecule has 0 heterocycles. The van der Waals surface area contributed by atoms with E-state index in [9.17, 15) is 19.2 Å². The highest BCUT2D eigenvalue weighted by atomic mass is 16.6. The summed E-state index contributed by atoms with van der Waals surface area (Å²) < 4.78 is 10.1. The smallest absolute Gasteiger partial charge is 0.407 e. The lowest BCUT2D eigenvalue weighted by molar-refractivity contribution is -0.145. The molecule has 238 valence electrons. The average molecular weight is 610 g/mol. The molecule has 44 heavy (non-hydrogen) atoms. The lowest BCUT2D eigenvalue weighted by Crippen LogP contribution is -2.56. The van der Waals surface area contributed by atoms with Gasteiger partial charge in [0.1, 0.15) is 17.7 Å². The molecule has 3 amide bonds. The number of esters is 1. The maximum atomic E-state index is 13.6. The quantitative estimate of drug-likeness (QED) is 0.0776. The zero-order valence-corrected chi connectivity index (χ0v) is 26.1. The predicted molar refractivity (Wildman–Crippen MR) is 165 cm³/mol. The number of hydrogen-bond donors (Lipinski definition) is 4. The molecule has 0 aromatic heterocycles. The molecule has 13 heteroatoms. The second kappa shape index (κ2) is 17.4. The Balaban J connectivity index is 2.26. The molecule has 0 saturated carbocycles. The fourth-order valence-corrected chi connectivity index (χ4v) is 4.24. The Bertz CT molecular complexity index is 1290. The first-order valence-corrected chi connectivity index (χ1v) is 14.4. The van der Waals surface area contributed by atoms with Crippen LogP contribution in [0.25, 0.3) is 10.4 Å². The van der Waals surface area contributed by atoms with Gasteiger partial charge in [0.2, 0.25) is 5.91 Å². The maximum Gasteiger partial charge on any atom is 0.407 e. The Morgan fingerprint density at radius 1 is 0.841 bits per heavy atom. The number of alkyl carbamates (subject to hydrolysis) is 1. The SMILES string of the molecule is COC(=O)[C@H](CC(C)C)NC(=O)[C@H](Cc1ccc(CNC(=O)OC(C)(C)C)cc1)NC(=O)[C@H](Cc1ccccc1)NN=[N+]=[N-]. The van der Waals surface area contributed by atoms with Gasteiger partial charge in [-0.15, -0.1) is 5.53 Å². The minimum Gasteiger partial charge on any atom is -0.467 e. The van der Waals surface area contributed by atoms with E-state index in [2.05, 4.69) is 31.5 Å². The van der Waals surface area contributed by atoms with Gasteiger partial charge in [-0.25, -0.2) is 15.0 Å². The van der Waals surface area contributed by atoms with Gasteiger partial charge >= 0.3 is 12.1 Å². The van der Waals surface area contributed by atoms with E-state index in [0.29, 0.717) is 12.0 Å². The Morgan fingerprint density at radius 2 is 1.39 bits per heavy atom. The highest BCUT2D eigenvalue weighted by Gasteiger charge is 2.31. The Morgan fingerprint density at radius 3 is 1.95 bits per heavy atom. The molecule has 0 spiro atoms. The van der Waals surface area contributed by atoms with Crippen molar-refractivity contribution in [2.45, 2.75) is 84.2 Å². The number of ether oxygens (including phenoxy) is 2. The van der Waals surface area contributed by atoms with Crippen LogP contribution in [0.3, 0.4) is 0 Å². The Labute approximate surface area is 258 Å². The normalized spacial score (nSPS) is 13.0. The van der Waals surface area contributed by atoms with Crippen molar-refractivity contribution in [2.24, 2.45) is 11.1 Å². The van der Waals surface area contributed by atoms with Crippen LogP contribution in [0.1, 0.15) is 57.7 Å². The topological polar surface area (TPSA) is 184 Å². The number of benzene rings is 2. The number of amides is 3. The molecule has 0 unspecified atom stereocenters. The van der Waals surface area contributed by atoms with Gasteiger partial charge < -0.3 is 25.4 Å².